The number of benzene rings is 2. The van der Waals surface area contributed by atoms with Gasteiger partial charge in [-0.1, -0.05) is 35.9 Å². The maximum absolute atomic E-state index is 13.1. The number of halogens is 2. The molecule has 0 saturated carbocycles. The van der Waals surface area contributed by atoms with Gasteiger partial charge in [-0.3, -0.25) is 9.10 Å². The second kappa shape index (κ2) is 8.31. The maximum Gasteiger partial charge on any atom is 0.232 e. The van der Waals surface area contributed by atoms with Crippen LogP contribution < -0.4 is 9.62 Å². The van der Waals surface area contributed by atoms with Crippen molar-refractivity contribution in [2.24, 2.45) is 0 Å². The summed E-state index contributed by atoms with van der Waals surface area (Å²) in [5.74, 6) is -0.731. The second-order valence-corrected chi connectivity index (χ2v) is 7.76. The van der Waals surface area contributed by atoms with Crippen molar-refractivity contribution in [2.45, 2.75) is 6.42 Å². The Balaban J connectivity index is 1.97. The zero-order valence-electron chi connectivity index (χ0n) is 13.6. The number of hydrogen-bond donors (Lipinski definition) is 1. The van der Waals surface area contributed by atoms with Crippen molar-refractivity contribution in [3.05, 3.63) is 64.9 Å². The van der Waals surface area contributed by atoms with Gasteiger partial charge in [-0.15, -0.1) is 0 Å². The third-order valence-electron chi connectivity index (χ3n) is 3.41. The van der Waals surface area contributed by atoms with Gasteiger partial charge in [-0.25, -0.2) is 12.8 Å². The van der Waals surface area contributed by atoms with Crippen LogP contribution in [0.5, 0.6) is 0 Å². The lowest BCUT2D eigenvalue weighted by Gasteiger charge is -2.23. The van der Waals surface area contributed by atoms with Crippen LogP contribution in [-0.4, -0.2) is 33.7 Å². The number of anilines is 1. The van der Waals surface area contributed by atoms with Gasteiger partial charge in [0.15, 0.2) is 0 Å². The molecule has 0 atom stereocenters. The van der Waals surface area contributed by atoms with E-state index in [2.05, 4.69) is 5.32 Å². The summed E-state index contributed by atoms with van der Waals surface area (Å²) in [4.78, 5) is 11.9. The first kappa shape index (κ1) is 19.2. The minimum absolute atomic E-state index is 0.0166. The predicted octanol–water partition coefficient (Wildman–Crippen LogP) is 2.60. The molecule has 134 valence electrons. The van der Waals surface area contributed by atoms with Crippen LogP contribution in [0, 0.1) is 5.82 Å². The second-order valence-electron chi connectivity index (χ2n) is 5.44. The number of para-hydroxylation sites is 1. The van der Waals surface area contributed by atoms with Crippen molar-refractivity contribution >= 4 is 33.2 Å². The highest BCUT2D eigenvalue weighted by Gasteiger charge is 2.19. The Hall–Kier alpha value is -2.12. The van der Waals surface area contributed by atoms with Gasteiger partial charge in [0.2, 0.25) is 15.9 Å². The molecule has 2 aromatic carbocycles. The normalized spacial score (nSPS) is 11.2. The Labute approximate surface area is 151 Å². The van der Waals surface area contributed by atoms with Gasteiger partial charge in [-0.2, -0.15) is 0 Å². The highest BCUT2D eigenvalue weighted by atomic mass is 35.5. The molecule has 0 radical (unpaired) electrons. The zero-order valence-corrected chi connectivity index (χ0v) is 15.1. The van der Waals surface area contributed by atoms with Gasteiger partial charge in [0.1, 0.15) is 5.82 Å². The van der Waals surface area contributed by atoms with Crippen LogP contribution in [0.3, 0.4) is 0 Å². The lowest BCUT2D eigenvalue weighted by atomic mass is 10.1. The Morgan fingerprint density at radius 2 is 1.92 bits per heavy atom. The lowest BCUT2D eigenvalue weighted by molar-refractivity contribution is -0.120. The minimum atomic E-state index is -3.55. The molecule has 0 aromatic heterocycles. The quantitative estimate of drug-likeness (QED) is 0.798. The first-order valence-corrected chi connectivity index (χ1v) is 9.73. The summed E-state index contributed by atoms with van der Waals surface area (Å²) in [7, 11) is -3.55. The number of carbonyl (C=O) groups excluding carboxylic acids is 1. The van der Waals surface area contributed by atoms with Crippen LogP contribution in [-0.2, 0) is 21.2 Å². The molecule has 1 amide bonds. The molecular formula is C17H18ClFN2O3S. The molecule has 0 fully saturated rings. The average Bonchev–Trinajstić information content (AvgIpc) is 2.51. The number of nitrogens with zero attached hydrogens (tertiary/aromatic N) is 1. The van der Waals surface area contributed by atoms with E-state index in [1.165, 1.54) is 18.2 Å². The summed E-state index contributed by atoms with van der Waals surface area (Å²) in [5.41, 5.74) is 0.898. The van der Waals surface area contributed by atoms with Gasteiger partial charge >= 0.3 is 0 Å². The average molecular weight is 385 g/mol. The van der Waals surface area contributed by atoms with E-state index in [0.29, 0.717) is 16.3 Å². The van der Waals surface area contributed by atoms with E-state index in [0.717, 1.165) is 10.6 Å². The minimum Gasteiger partial charge on any atom is -0.354 e. The number of rotatable bonds is 7. The predicted molar refractivity (Wildman–Crippen MR) is 96.8 cm³/mol. The SMILES string of the molecule is CS(=O)(=O)N(CCNC(=O)Cc1cccc(F)c1)c1ccccc1Cl. The fourth-order valence-corrected chi connectivity index (χ4v) is 3.54. The third kappa shape index (κ3) is 5.72. The van der Waals surface area contributed by atoms with Crippen LogP contribution in [0.1, 0.15) is 5.56 Å². The third-order valence-corrected chi connectivity index (χ3v) is 4.91. The van der Waals surface area contributed by atoms with Gasteiger partial charge < -0.3 is 5.32 Å². The number of amides is 1. The first-order chi connectivity index (χ1) is 11.8. The van der Waals surface area contributed by atoms with E-state index >= 15 is 0 Å². The molecule has 0 saturated heterocycles. The molecule has 0 heterocycles. The van der Waals surface area contributed by atoms with Gasteiger partial charge in [-0.05, 0) is 29.8 Å². The Morgan fingerprint density at radius 3 is 2.56 bits per heavy atom. The molecule has 8 heteroatoms. The van der Waals surface area contributed by atoms with Gasteiger partial charge in [0, 0.05) is 6.54 Å². The van der Waals surface area contributed by atoms with E-state index in [9.17, 15) is 17.6 Å². The fraction of sp³-hybridized carbons (Fsp3) is 0.235. The summed E-state index contributed by atoms with van der Waals surface area (Å²) in [6.07, 6.45) is 1.09. The summed E-state index contributed by atoms with van der Waals surface area (Å²) in [5, 5.41) is 2.94. The highest BCUT2D eigenvalue weighted by Crippen LogP contribution is 2.26. The molecule has 0 aliphatic rings. The summed E-state index contributed by atoms with van der Waals surface area (Å²) in [6, 6.07) is 12.3. The molecule has 2 rings (SSSR count). The molecule has 25 heavy (non-hydrogen) atoms. The Kier molecular flexibility index (Phi) is 6.39. The van der Waals surface area contributed by atoms with E-state index in [1.54, 1.807) is 30.3 Å². The highest BCUT2D eigenvalue weighted by molar-refractivity contribution is 7.92. The van der Waals surface area contributed by atoms with Crippen molar-refractivity contribution in [1.82, 2.24) is 5.32 Å². The van der Waals surface area contributed by atoms with Crippen LogP contribution in [0.15, 0.2) is 48.5 Å². The van der Waals surface area contributed by atoms with Crippen molar-refractivity contribution in [3.63, 3.8) is 0 Å². The van der Waals surface area contributed by atoms with Crippen molar-refractivity contribution in [1.29, 1.82) is 0 Å². The number of nitrogens with one attached hydrogen (secondary N) is 1. The molecule has 0 unspecified atom stereocenters. The standard InChI is InChI=1S/C17H18ClFN2O3S/c1-25(23,24)21(16-8-3-2-7-15(16)18)10-9-20-17(22)12-13-5-4-6-14(19)11-13/h2-8,11H,9-10,12H2,1H3,(H,20,22). The number of sulfonamides is 1. The molecule has 5 nitrogen and oxygen atoms in total. The Morgan fingerprint density at radius 1 is 1.20 bits per heavy atom. The molecule has 2 aromatic rings. The van der Waals surface area contributed by atoms with Crippen LogP contribution >= 0.6 is 11.6 Å². The topological polar surface area (TPSA) is 66.5 Å². The molecule has 0 aliphatic carbocycles. The maximum atomic E-state index is 13.1. The first-order valence-electron chi connectivity index (χ1n) is 7.51. The van der Waals surface area contributed by atoms with Crippen LogP contribution in [0.4, 0.5) is 10.1 Å². The van der Waals surface area contributed by atoms with Crippen LogP contribution in [0.2, 0.25) is 5.02 Å². The molecule has 0 aliphatic heterocycles. The van der Waals surface area contributed by atoms with Crippen molar-refractivity contribution < 1.29 is 17.6 Å². The summed E-state index contributed by atoms with van der Waals surface area (Å²) < 4.78 is 38.3. The van der Waals surface area contributed by atoms with Gasteiger partial charge in [0.05, 0.1) is 29.9 Å². The summed E-state index contributed by atoms with van der Waals surface area (Å²) in [6.45, 7) is 0.143. The lowest BCUT2D eigenvalue weighted by Crippen LogP contribution is -2.38. The molecular weight excluding hydrogens is 367 g/mol. The molecule has 1 N–H and O–H groups in total. The smallest absolute Gasteiger partial charge is 0.232 e. The molecule has 0 spiro atoms. The van der Waals surface area contributed by atoms with E-state index in [4.69, 9.17) is 11.6 Å². The van der Waals surface area contributed by atoms with Crippen molar-refractivity contribution in [3.8, 4) is 0 Å². The van der Waals surface area contributed by atoms with Crippen molar-refractivity contribution in [2.75, 3.05) is 23.7 Å². The number of carbonyl (C=O) groups is 1. The Bertz CT molecular complexity index is 858. The fourth-order valence-electron chi connectivity index (χ4n) is 2.31. The number of hydrogen-bond acceptors (Lipinski definition) is 3. The molecule has 0 bridgehead atoms. The zero-order chi connectivity index (χ0) is 18.4. The van der Waals surface area contributed by atoms with Crippen LogP contribution in [0.25, 0.3) is 0 Å². The van der Waals surface area contributed by atoms with Gasteiger partial charge in [0.25, 0.3) is 0 Å². The summed E-state index contributed by atoms with van der Waals surface area (Å²) >= 11 is 6.06. The van der Waals surface area contributed by atoms with E-state index in [-0.39, 0.29) is 25.4 Å². The van der Waals surface area contributed by atoms with E-state index < -0.39 is 15.8 Å². The largest absolute Gasteiger partial charge is 0.354 e. The monoisotopic (exact) mass is 384 g/mol. The van der Waals surface area contributed by atoms with E-state index in [1.807, 2.05) is 0 Å².